The largest absolute Gasteiger partial charge is 0.396 e. The molecule has 2 aromatic carbocycles. The third kappa shape index (κ3) is 3.60. The highest BCUT2D eigenvalue weighted by Crippen LogP contribution is 2.10. The van der Waals surface area contributed by atoms with Crippen LogP contribution in [0.3, 0.4) is 0 Å². The van der Waals surface area contributed by atoms with Crippen LogP contribution in [0.4, 0.5) is 0 Å². The number of allylic oxidation sites excluding steroid dienone is 1. The van der Waals surface area contributed by atoms with E-state index in [1.165, 1.54) is 10.4 Å². The quantitative estimate of drug-likeness (QED) is 0.615. The summed E-state index contributed by atoms with van der Waals surface area (Å²) in [5.74, 6) is 0. The lowest BCUT2D eigenvalue weighted by molar-refractivity contribution is 0.289. The smallest absolute Gasteiger partial charge is 0.164 e. The van der Waals surface area contributed by atoms with Crippen LogP contribution in [0, 0.1) is 0 Å². The molecule has 0 aliphatic carbocycles. The summed E-state index contributed by atoms with van der Waals surface area (Å²) in [4.78, 5) is 0. The summed E-state index contributed by atoms with van der Waals surface area (Å²) in [6, 6.07) is 21.2. The van der Waals surface area contributed by atoms with Crippen molar-refractivity contribution in [3.8, 4) is 0 Å². The van der Waals surface area contributed by atoms with Gasteiger partial charge in [0, 0.05) is 6.61 Å². The molecule has 0 aliphatic rings. The number of aliphatic hydroxyl groups is 1. The molecule has 0 aliphatic heterocycles. The molecule has 0 bridgehead atoms. The van der Waals surface area contributed by atoms with Crippen LogP contribution in [0.5, 0.6) is 0 Å². The number of benzene rings is 2. The number of hydrogen-bond acceptors (Lipinski definition) is 1. The molecule has 2 heteroatoms. The Kier molecular flexibility index (Phi) is 5.73. The van der Waals surface area contributed by atoms with E-state index in [1.54, 1.807) is 0 Å². The maximum absolute atomic E-state index is 8.94. The van der Waals surface area contributed by atoms with E-state index in [-0.39, 0.29) is 6.61 Å². The van der Waals surface area contributed by atoms with Crippen LogP contribution in [0.25, 0.3) is 0 Å². The van der Waals surface area contributed by atoms with Gasteiger partial charge in [0.25, 0.3) is 0 Å². The Balaban J connectivity index is 2.47. The van der Waals surface area contributed by atoms with Gasteiger partial charge in [-0.2, -0.15) is 0 Å². The average Bonchev–Trinajstić information content (AvgIpc) is 2.57. The lowest BCUT2D eigenvalue weighted by atomic mass is 10.3. The summed E-state index contributed by atoms with van der Waals surface area (Å²) < 4.78 is 0. The predicted octanol–water partition coefficient (Wildman–Crippen LogP) is 2.84. The van der Waals surface area contributed by atoms with E-state index in [1.807, 2.05) is 12.1 Å². The van der Waals surface area contributed by atoms with Crippen molar-refractivity contribution in [2.75, 3.05) is 6.61 Å². The molecule has 0 unspecified atom stereocenters. The van der Waals surface area contributed by atoms with Crippen LogP contribution in [0.1, 0.15) is 12.8 Å². The van der Waals surface area contributed by atoms with Gasteiger partial charge in [-0.25, -0.2) is 0 Å². The second kappa shape index (κ2) is 7.77. The highest BCUT2D eigenvalue weighted by molar-refractivity contribution is 7.09. The predicted molar refractivity (Wildman–Crippen MR) is 93.6 cm³/mol. The Labute approximate surface area is 128 Å². The molecule has 0 heterocycles. The van der Waals surface area contributed by atoms with Gasteiger partial charge in [0.1, 0.15) is 0 Å². The lowest BCUT2D eigenvalue weighted by Gasteiger charge is -2.26. The minimum atomic E-state index is -2.07. The average molecular weight is 294 g/mol. The van der Waals surface area contributed by atoms with Gasteiger partial charge >= 0.3 is 0 Å². The summed E-state index contributed by atoms with van der Waals surface area (Å²) >= 11 is 0. The monoisotopic (exact) mass is 294 g/mol. The van der Waals surface area contributed by atoms with Crippen LogP contribution in [-0.4, -0.2) is 19.8 Å². The summed E-state index contributed by atoms with van der Waals surface area (Å²) in [6.45, 7) is 4.39. The molecule has 108 valence electrons. The van der Waals surface area contributed by atoms with Crippen molar-refractivity contribution in [2.45, 2.75) is 12.8 Å². The van der Waals surface area contributed by atoms with Crippen LogP contribution < -0.4 is 10.4 Å². The van der Waals surface area contributed by atoms with Gasteiger partial charge < -0.3 is 5.11 Å². The zero-order chi connectivity index (χ0) is 15.0. The highest BCUT2D eigenvalue weighted by Gasteiger charge is 2.30. The normalized spacial score (nSPS) is 11.7. The number of aliphatic hydroxyl groups excluding tert-OH is 1. The van der Waals surface area contributed by atoms with Crippen molar-refractivity contribution in [3.63, 3.8) is 0 Å². The Morgan fingerprint density at radius 1 is 0.905 bits per heavy atom. The molecule has 1 N–H and O–H groups in total. The van der Waals surface area contributed by atoms with Gasteiger partial charge in [-0.05, 0) is 23.2 Å². The van der Waals surface area contributed by atoms with Gasteiger partial charge in [0.05, 0.1) is 0 Å². The first-order chi connectivity index (χ1) is 10.3. The minimum Gasteiger partial charge on any atom is -0.396 e. The van der Waals surface area contributed by atoms with Crippen molar-refractivity contribution < 1.29 is 5.11 Å². The number of hydrogen-bond donors (Lipinski definition) is 1. The molecule has 0 radical (unpaired) electrons. The first kappa shape index (κ1) is 15.5. The summed E-state index contributed by atoms with van der Waals surface area (Å²) in [7, 11) is -2.07. The molecule has 0 fully saturated rings. The van der Waals surface area contributed by atoms with Crippen molar-refractivity contribution in [1.82, 2.24) is 0 Å². The Bertz CT molecular complexity index is 536. The van der Waals surface area contributed by atoms with E-state index < -0.39 is 8.07 Å². The molecule has 0 saturated carbocycles. The van der Waals surface area contributed by atoms with E-state index in [0.717, 1.165) is 12.8 Å². The van der Waals surface area contributed by atoms with E-state index in [9.17, 15) is 0 Å². The van der Waals surface area contributed by atoms with Crippen molar-refractivity contribution in [1.29, 1.82) is 0 Å². The molecular weight excluding hydrogens is 272 g/mol. The standard InChI is InChI=1S/C19H22OSi/c1-2-21(17-11-5-10-16-20,18-12-6-3-7-13-18)19-14-8-4-9-15-19/h2-4,6-9,11-15,17,20H,1,5,10,16H2. The van der Waals surface area contributed by atoms with Gasteiger partial charge in [-0.15, -0.1) is 6.58 Å². The lowest BCUT2D eigenvalue weighted by Crippen LogP contribution is -2.55. The second-order valence-corrected chi connectivity index (χ2v) is 8.71. The van der Waals surface area contributed by atoms with Gasteiger partial charge in [-0.1, -0.05) is 78.1 Å². The van der Waals surface area contributed by atoms with E-state index in [0.29, 0.717) is 0 Å². The molecule has 0 spiro atoms. The molecular formula is C19H22OSi. The number of unbranched alkanes of at least 4 members (excludes halogenated alkanes) is 1. The topological polar surface area (TPSA) is 20.2 Å². The maximum atomic E-state index is 8.94. The van der Waals surface area contributed by atoms with Gasteiger partial charge in [0.15, 0.2) is 8.07 Å². The zero-order valence-electron chi connectivity index (χ0n) is 12.3. The molecule has 0 amide bonds. The van der Waals surface area contributed by atoms with Crippen LogP contribution in [0.15, 0.2) is 84.7 Å². The fourth-order valence-electron chi connectivity index (χ4n) is 2.57. The molecule has 21 heavy (non-hydrogen) atoms. The molecule has 2 aromatic rings. The summed E-state index contributed by atoms with van der Waals surface area (Å²) in [5, 5.41) is 11.6. The zero-order valence-corrected chi connectivity index (χ0v) is 13.3. The van der Waals surface area contributed by atoms with Gasteiger partial charge in [-0.3, -0.25) is 0 Å². The first-order valence-electron chi connectivity index (χ1n) is 7.36. The van der Waals surface area contributed by atoms with Crippen molar-refractivity contribution in [2.24, 2.45) is 0 Å². The van der Waals surface area contributed by atoms with Crippen LogP contribution >= 0.6 is 0 Å². The third-order valence-electron chi connectivity index (χ3n) is 3.73. The van der Waals surface area contributed by atoms with E-state index in [2.05, 4.69) is 72.6 Å². The Morgan fingerprint density at radius 3 is 1.86 bits per heavy atom. The van der Waals surface area contributed by atoms with Crippen molar-refractivity contribution >= 4 is 18.4 Å². The van der Waals surface area contributed by atoms with Crippen LogP contribution in [-0.2, 0) is 0 Å². The third-order valence-corrected chi connectivity index (χ3v) is 7.72. The number of rotatable bonds is 7. The molecule has 0 saturated heterocycles. The highest BCUT2D eigenvalue weighted by atomic mass is 28.3. The summed E-state index contributed by atoms with van der Waals surface area (Å²) in [6.07, 6.45) is 3.91. The molecule has 0 aromatic heterocycles. The minimum absolute atomic E-state index is 0.240. The van der Waals surface area contributed by atoms with E-state index in [4.69, 9.17) is 5.11 Å². The molecule has 0 atom stereocenters. The maximum Gasteiger partial charge on any atom is 0.164 e. The SMILES string of the molecule is C=C[Si](C=CCCCO)(c1ccccc1)c1ccccc1. The fraction of sp³-hybridized carbons (Fsp3) is 0.158. The van der Waals surface area contributed by atoms with E-state index >= 15 is 0 Å². The van der Waals surface area contributed by atoms with Gasteiger partial charge in [0.2, 0.25) is 0 Å². The van der Waals surface area contributed by atoms with Crippen LogP contribution in [0.2, 0.25) is 0 Å². The first-order valence-corrected chi connectivity index (χ1v) is 9.52. The van der Waals surface area contributed by atoms with Crippen molar-refractivity contribution in [3.05, 3.63) is 84.7 Å². The Morgan fingerprint density at radius 2 is 1.43 bits per heavy atom. The molecule has 1 nitrogen and oxygen atoms in total. The molecule has 2 rings (SSSR count). The summed E-state index contributed by atoms with van der Waals surface area (Å²) in [5.41, 5.74) is 4.47. The Hall–Kier alpha value is -1.90. The second-order valence-electron chi connectivity index (χ2n) is 5.07. The fourth-order valence-corrected chi connectivity index (χ4v) is 5.92.